The maximum absolute atomic E-state index is 12.1. The van der Waals surface area contributed by atoms with Crippen molar-refractivity contribution in [3.05, 3.63) is 29.8 Å². The van der Waals surface area contributed by atoms with Crippen molar-refractivity contribution in [2.45, 2.75) is 39.0 Å². The van der Waals surface area contributed by atoms with Gasteiger partial charge < -0.3 is 20.0 Å². The molecule has 1 unspecified atom stereocenters. The average molecular weight is 414 g/mol. The molecule has 0 spiro atoms. The number of likely N-dealkylation sites (tertiary alicyclic amines) is 1. The highest BCUT2D eigenvalue weighted by Crippen LogP contribution is 2.38. The fraction of sp³-hybridized carbons (Fsp3) is 0.609. The van der Waals surface area contributed by atoms with Crippen LogP contribution in [0.2, 0.25) is 0 Å². The number of carbonyl (C=O) groups is 2. The summed E-state index contributed by atoms with van der Waals surface area (Å²) < 4.78 is 0. The third kappa shape index (κ3) is 5.32. The molecule has 7 nitrogen and oxygen atoms in total. The van der Waals surface area contributed by atoms with Crippen molar-refractivity contribution in [3.8, 4) is 0 Å². The van der Waals surface area contributed by atoms with Gasteiger partial charge >= 0.3 is 0 Å². The van der Waals surface area contributed by atoms with E-state index in [0.717, 1.165) is 50.7 Å². The summed E-state index contributed by atoms with van der Waals surface area (Å²) in [5.41, 5.74) is 2.43. The Morgan fingerprint density at radius 2 is 2.07 bits per heavy atom. The quantitative estimate of drug-likeness (QED) is 0.550. The van der Waals surface area contributed by atoms with Gasteiger partial charge in [0.25, 0.3) is 0 Å². The van der Waals surface area contributed by atoms with Gasteiger partial charge in [-0.05, 0) is 30.4 Å². The fourth-order valence-electron chi connectivity index (χ4n) is 4.01. The SMILES string of the molecule is CC(C)CNC(=NCC(=O)N(C)C)N1CC(CCN2CCCC2=O)c2ccccc21. The molecule has 2 heterocycles. The molecule has 1 N–H and O–H groups in total. The van der Waals surface area contributed by atoms with Crippen LogP contribution in [0.3, 0.4) is 0 Å². The van der Waals surface area contributed by atoms with Crippen molar-refractivity contribution >= 4 is 23.5 Å². The summed E-state index contributed by atoms with van der Waals surface area (Å²) in [7, 11) is 3.50. The molecule has 2 amide bonds. The van der Waals surface area contributed by atoms with Gasteiger partial charge in [-0.3, -0.25) is 9.59 Å². The molecular formula is C23H35N5O2. The topological polar surface area (TPSA) is 68.2 Å². The zero-order valence-electron chi connectivity index (χ0n) is 18.7. The van der Waals surface area contributed by atoms with Gasteiger partial charge in [-0.15, -0.1) is 0 Å². The van der Waals surface area contributed by atoms with Gasteiger partial charge in [0.1, 0.15) is 6.54 Å². The largest absolute Gasteiger partial charge is 0.356 e. The summed E-state index contributed by atoms with van der Waals surface area (Å²) in [5, 5.41) is 3.46. The second-order valence-electron chi connectivity index (χ2n) is 8.84. The lowest BCUT2D eigenvalue weighted by atomic mass is 9.98. The average Bonchev–Trinajstić information content (AvgIpc) is 3.29. The van der Waals surface area contributed by atoms with Crippen LogP contribution in [0.5, 0.6) is 0 Å². The summed E-state index contributed by atoms with van der Waals surface area (Å²) in [4.78, 5) is 34.5. The molecule has 1 aromatic rings. The molecule has 164 valence electrons. The van der Waals surface area contributed by atoms with E-state index in [2.05, 4.69) is 47.3 Å². The summed E-state index contributed by atoms with van der Waals surface area (Å²) in [6.45, 7) is 7.72. The molecule has 1 aromatic carbocycles. The van der Waals surface area contributed by atoms with Gasteiger partial charge in [0.2, 0.25) is 11.8 Å². The van der Waals surface area contributed by atoms with Crippen molar-refractivity contribution in [2.75, 3.05) is 51.7 Å². The maximum Gasteiger partial charge on any atom is 0.243 e. The number of anilines is 1. The van der Waals surface area contributed by atoms with Crippen molar-refractivity contribution in [1.82, 2.24) is 15.1 Å². The number of para-hydroxylation sites is 1. The van der Waals surface area contributed by atoms with E-state index < -0.39 is 0 Å². The molecule has 0 radical (unpaired) electrons. The van der Waals surface area contributed by atoms with Crippen LogP contribution in [0, 0.1) is 5.92 Å². The Kier molecular flexibility index (Phi) is 7.34. The highest BCUT2D eigenvalue weighted by atomic mass is 16.2. The number of nitrogens with one attached hydrogen (secondary N) is 1. The fourth-order valence-corrected chi connectivity index (χ4v) is 4.01. The number of carbonyl (C=O) groups excluding carboxylic acids is 2. The standard InChI is InChI=1S/C23H35N5O2/c1-17(2)14-24-23(25-15-22(30)26(3)4)28-16-18(19-8-5-6-9-20(19)28)11-13-27-12-7-10-21(27)29/h5-6,8-9,17-18H,7,10-16H2,1-4H3,(H,24,25). The minimum absolute atomic E-state index is 0.0181. The molecule has 0 bridgehead atoms. The lowest BCUT2D eigenvalue weighted by Crippen LogP contribution is -2.43. The lowest BCUT2D eigenvalue weighted by Gasteiger charge is -2.24. The summed E-state index contributed by atoms with van der Waals surface area (Å²) in [6, 6.07) is 8.42. The molecule has 2 aliphatic heterocycles. The zero-order valence-corrected chi connectivity index (χ0v) is 18.7. The summed E-state index contributed by atoms with van der Waals surface area (Å²) in [6.07, 6.45) is 2.60. The molecular weight excluding hydrogens is 378 g/mol. The van der Waals surface area contributed by atoms with Gasteiger partial charge in [0.15, 0.2) is 5.96 Å². The number of guanidine groups is 1. The summed E-state index contributed by atoms with van der Waals surface area (Å²) >= 11 is 0. The van der Waals surface area contributed by atoms with Gasteiger partial charge in [-0.2, -0.15) is 0 Å². The number of hydrogen-bond acceptors (Lipinski definition) is 3. The molecule has 3 rings (SSSR count). The Balaban J connectivity index is 1.78. The smallest absolute Gasteiger partial charge is 0.243 e. The minimum atomic E-state index is -0.0181. The number of amides is 2. The van der Waals surface area contributed by atoms with E-state index in [9.17, 15) is 9.59 Å². The van der Waals surface area contributed by atoms with E-state index >= 15 is 0 Å². The highest BCUT2D eigenvalue weighted by Gasteiger charge is 2.32. The van der Waals surface area contributed by atoms with Crippen LogP contribution in [0.4, 0.5) is 5.69 Å². The predicted molar refractivity (Wildman–Crippen MR) is 121 cm³/mol. The lowest BCUT2D eigenvalue weighted by molar-refractivity contribution is -0.128. The van der Waals surface area contributed by atoms with Crippen molar-refractivity contribution in [3.63, 3.8) is 0 Å². The number of hydrogen-bond donors (Lipinski definition) is 1. The molecule has 30 heavy (non-hydrogen) atoms. The summed E-state index contributed by atoms with van der Waals surface area (Å²) in [5.74, 6) is 1.82. The zero-order chi connectivity index (χ0) is 21.7. The van der Waals surface area contributed by atoms with Crippen LogP contribution in [-0.4, -0.2) is 74.4 Å². The Bertz CT molecular complexity index is 790. The van der Waals surface area contributed by atoms with Crippen LogP contribution in [-0.2, 0) is 9.59 Å². The number of benzene rings is 1. The van der Waals surface area contributed by atoms with Crippen molar-refractivity contribution < 1.29 is 9.59 Å². The van der Waals surface area contributed by atoms with Crippen LogP contribution in [0.25, 0.3) is 0 Å². The molecule has 1 saturated heterocycles. The molecule has 0 aromatic heterocycles. The van der Waals surface area contributed by atoms with Crippen LogP contribution < -0.4 is 10.2 Å². The van der Waals surface area contributed by atoms with Gasteiger partial charge in [-0.1, -0.05) is 32.0 Å². The third-order valence-corrected chi connectivity index (χ3v) is 5.78. The molecule has 0 saturated carbocycles. The van der Waals surface area contributed by atoms with Crippen molar-refractivity contribution in [1.29, 1.82) is 0 Å². The Labute approximate surface area is 180 Å². The first kappa shape index (κ1) is 22.1. The van der Waals surface area contributed by atoms with Gasteiger partial charge in [0.05, 0.1) is 0 Å². The van der Waals surface area contributed by atoms with Crippen LogP contribution in [0.15, 0.2) is 29.3 Å². The number of nitrogens with zero attached hydrogens (tertiary/aromatic N) is 4. The third-order valence-electron chi connectivity index (χ3n) is 5.78. The van der Waals surface area contributed by atoms with Gasteiger partial charge in [0, 0.05) is 58.3 Å². The molecule has 2 aliphatic rings. The highest BCUT2D eigenvalue weighted by molar-refractivity contribution is 5.99. The van der Waals surface area contributed by atoms with Gasteiger partial charge in [-0.25, -0.2) is 4.99 Å². The molecule has 1 atom stereocenters. The molecule has 1 fully saturated rings. The van der Waals surface area contributed by atoms with Crippen LogP contribution in [0.1, 0.15) is 44.6 Å². The van der Waals surface area contributed by atoms with Crippen molar-refractivity contribution in [2.24, 2.45) is 10.9 Å². The first-order valence-corrected chi connectivity index (χ1v) is 11.0. The van der Waals surface area contributed by atoms with E-state index in [1.165, 1.54) is 5.56 Å². The Hall–Kier alpha value is -2.57. The maximum atomic E-state index is 12.1. The second kappa shape index (κ2) is 9.96. The molecule has 0 aliphatic carbocycles. The first-order chi connectivity index (χ1) is 14.4. The Morgan fingerprint density at radius 1 is 1.30 bits per heavy atom. The predicted octanol–water partition coefficient (Wildman–Crippen LogP) is 2.29. The van der Waals surface area contributed by atoms with E-state index in [0.29, 0.717) is 18.3 Å². The first-order valence-electron chi connectivity index (χ1n) is 11.0. The number of fused-ring (bicyclic) bond motifs is 1. The van der Waals surface area contributed by atoms with E-state index in [1.807, 2.05) is 11.0 Å². The normalized spacial score (nSPS) is 18.9. The number of likely N-dealkylation sites (N-methyl/N-ethyl adjacent to an activating group) is 1. The second-order valence-corrected chi connectivity index (χ2v) is 8.84. The van der Waals surface area contributed by atoms with Crippen LogP contribution >= 0.6 is 0 Å². The van der Waals surface area contributed by atoms with E-state index in [-0.39, 0.29) is 18.4 Å². The number of rotatable bonds is 7. The minimum Gasteiger partial charge on any atom is -0.356 e. The monoisotopic (exact) mass is 413 g/mol. The van der Waals surface area contributed by atoms with E-state index in [4.69, 9.17) is 0 Å². The molecule has 7 heteroatoms. The number of aliphatic imine (C=N–C) groups is 1. The Morgan fingerprint density at radius 3 is 2.73 bits per heavy atom. The van der Waals surface area contributed by atoms with E-state index in [1.54, 1.807) is 19.0 Å².